The molecule has 0 bridgehead atoms. The number of hydrogen-bond donors (Lipinski definition) is 1. The van der Waals surface area contributed by atoms with E-state index >= 15 is 0 Å². The molecule has 0 saturated heterocycles. The van der Waals surface area contributed by atoms with Gasteiger partial charge in [0, 0.05) is 21.0 Å². The molecule has 2 aromatic rings. The fourth-order valence-electron chi connectivity index (χ4n) is 1.47. The molecule has 0 unspecified atom stereocenters. The Morgan fingerprint density at radius 2 is 2.11 bits per heavy atom. The van der Waals surface area contributed by atoms with Gasteiger partial charge in [-0.2, -0.15) is 0 Å². The van der Waals surface area contributed by atoms with Crippen LogP contribution in [0.1, 0.15) is 4.88 Å². The third-order valence-electron chi connectivity index (χ3n) is 2.29. The van der Waals surface area contributed by atoms with Gasteiger partial charge in [-0.15, -0.1) is 11.3 Å². The highest BCUT2D eigenvalue weighted by atomic mass is 35.5. The monoisotopic (exact) mass is 295 g/mol. The van der Waals surface area contributed by atoms with Crippen molar-refractivity contribution >= 4 is 51.0 Å². The molecule has 0 aliphatic rings. The highest BCUT2D eigenvalue weighted by molar-refractivity contribution is 7.20. The Morgan fingerprint density at radius 1 is 1.37 bits per heavy atom. The Bertz CT molecular complexity index is 663. The zero-order valence-corrected chi connectivity index (χ0v) is 11.3. The number of halogens is 1. The van der Waals surface area contributed by atoms with Crippen LogP contribution < -0.4 is 5.73 Å². The molecule has 4 nitrogen and oxygen atoms in total. The van der Waals surface area contributed by atoms with Gasteiger partial charge in [-0.3, -0.25) is 4.79 Å². The number of hydrogen-bond acceptors (Lipinski definition) is 4. The predicted octanol–water partition coefficient (Wildman–Crippen LogP) is 2.60. The molecule has 0 aliphatic heterocycles. The summed E-state index contributed by atoms with van der Waals surface area (Å²) in [5, 5.41) is 1.54. The van der Waals surface area contributed by atoms with Crippen LogP contribution in [0, 0.1) is 0 Å². The van der Waals surface area contributed by atoms with Crippen molar-refractivity contribution in [3.05, 3.63) is 40.2 Å². The number of benzene rings is 1. The van der Waals surface area contributed by atoms with E-state index < -0.39 is 18.5 Å². The third-order valence-corrected chi connectivity index (χ3v) is 3.94. The average molecular weight is 296 g/mol. The summed E-state index contributed by atoms with van der Waals surface area (Å²) in [6.07, 6.45) is 2.79. The molecule has 1 aromatic heterocycles. The quantitative estimate of drug-likeness (QED) is 0.696. The van der Waals surface area contributed by atoms with E-state index in [1.807, 2.05) is 24.3 Å². The molecule has 0 spiro atoms. The summed E-state index contributed by atoms with van der Waals surface area (Å²) < 4.78 is 5.64. The first-order valence-corrected chi connectivity index (χ1v) is 6.57. The SMILES string of the molecule is NC(=O)COC(=O)/C=C/c1sc2ccccc2c1Cl. The second kappa shape index (κ2) is 5.86. The van der Waals surface area contributed by atoms with Crippen LogP contribution >= 0.6 is 22.9 Å². The van der Waals surface area contributed by atoms with Gasteiger partial charge < -0.3 is 10.5 Å². The zero-order valence-electron chi connectivity index (χ0n) is 9.76. The van der Waals surface area contributed by atoms with E-state index in [0.717, 1.165) is 15.0 Å². The number of esters is 1. The highest BCUT2D eigenvalue weighted by Gasteiger charge is 2.08. The van der Waals surface area contributed by atoms with Crippen LogP contribution in [0.4, 0.5) is 0 Å². The minimum atomic E-state index is -0.693. The summed E-state index contributed by atoms with van der Waals surface area (Å²) in [6, 6.07) is 7.69. The molecule has 0 saturated carbocycles. The number of fused-ring (bicyclic) bond motifs is 1. The molecule has 19 heavy (non-hydrogen) atoms. The second-order valence-corrected chi connectivity index (χ2v) is 5.15. The summed E-state index contributed by atoms with van der Waals surface area (Å²) in [6.45, 7) is -0.427. The van der Waals surface area contributed by atoms with Crippen LogP contribution in [-0.4, -0.2) is 18.5 Å². The maximum atomic E-state index is 11.3. The van der Waals surface area contributed by atoms with Gasteiger partial charge in [-0.1, -0.05) is 29.8 Å². The van der Waals surface area contributed by atoms with Gasteiger partial charge in [0.1, 0.15) is 0 Å². The van der Waals surface area contributed by atoms with Gasteiger partial charge in [0.05, 0.1) is 5.02 Å². The third kappa shape index (κ3) is 3.33. The fraction of sp³-hybridized carbons (Fsp3) is 0.0769. The molecule has 98 valence electrons. The maximum Gasteiger partial charge on any atom is 0.331 e. The molecule has 6 heteroatoms. The molecular formula is C13H10ClNO3S. The van der Waals surface area contributed by atoms with Crippen LogP contribution in [0.3, 0.4) is 0 Å². The summed E-state index contributed by atoms with van der Waals surface area (Å²) in [4.78, 5) is 22.5. The van der Waals surface area contributed by atoms with Crippen LogP contribution in [0.2, 0.25) is 5.02 Å². The Morgan fingerprint density at radius 3 is 2.79 bits per heavy atom. The highest BCUT2D eigenvalue weighted by Crippen LogP contribution is 2.35. The van der Waals surface area contributed by atoms with E-state index in [0.29, 0.717) is 5.02 Å². The Kier molecular flexibility index (Phi) is 4.19. The van der Waals surface area contributed by atoms with Crippen LogP contribution in [0.15, 0.2) is 30.3 Å². The van der Waals surface area contributed by atoms with E-state index in [1.165, 1.54) is 17.4 Å². The lowest BCUT2D eigenvalue weighted by molar-refractivity contribution is -0.142. The minimum absolute atomic E-state index is 0.427. The summed E-state index contributed by atoms with van der Waals surface area (Å²) in [7, 11) is 0. The maximum absolute atomic E-state index is 11.3. The average Bonchev–Trinajstić information content (AvgIpc) is 2.71. The van der Waals surface area contributed by atoms with Gasteiger partial charge in [-0.25, -0.2) is 4.79 Å². The topological polar surface area (TPSA) is 69.4 Å². The molecule has 1 heterocycles. The van der Waals surface area contributed by atoms with Gasteiger partial charge in [-0.05, 0) is 12.1 Å². The van der Waals surface area contributed by atoms with Crippen molar-refractivity contribution in [2.75, 3.05) is 6.61 Å². The van der Waals surface area contributed by atoms with Gasteiger partial charge in [0.15, 0.2) is 6.61 Å². The molecule has 2 N–H and O–H groups in total. The van der Waals surface area contributed by atoms with Crippen molar-refractivity contribution in [3.8, 4) is 0 Å². The number of ether oxygens (including phenoxy) is 1. The first-order chi connectivity index (χ1) is 9.08. The predicted molar refractivity (Wildman–Crippen MR) is 76.0 cm³/mol. The van der Waals surface area contributed by atoms with Crippen molar-refractivity contribution in [1.29, 1.82) is 0 Å². The van der Waals surface area contributed by atoms with E-state index in [2.05, 4.69) is 4.74 Å². The molecule has 2 rings (SSSR count). The molecule has 0 atom stereocenters. The summed E-state index contributed by atoms with van der Waals surface area (Å²) in [5.41, 5.74) is 4.86. The smallest absolute Gasteiger partial charge is 0.331 e. The normalized spacial score (nSPS) is 11.0. The van der Waals surface area contributed by atoms with Gasteiger partial charge >= 0.3 is 5.97 Å². The summed E-state index contributed by atoms with van der Waals surface area (Å²) in [5.74, 6) is -1.33. The van der Waals surface area contributed by atoms with Crippen molar-refractivity contribution in [2.24, 2.45) is 5.73 Å². The lowest BCUT2D eigenvalue weighted by atomic mass is 10.2. The number of carbonyl (C=O) groups is 2. The van der Waals surface area contributed by atoms with Crippen LogP contribution in [0.25, 0.3) is 16.2 Å². The van der Waals surface area contributed by atoms with Crippen LogP contribution in [0.5, 0.6) is 0 Å². The molecular weight excluding hydrogens is 286 g/mol. The van der Waals surface area contributed by atoms with Crippen molar-refractivity contribution in [2.45, 2.75) is 0 Å². The number of carbonyl (C=O) groups excluding carboxylic acids is 2. The number of primary amides is 1. The fourth-order valence-corrected chi connectivity index (χ4v) is 2.87. The van der Waals surface area contributed by atoms with Crippen molar-refractivity contribution in [1.82, 2.24) is 0 Å². The molecule has 0 radical (unpaired) electrons. The molecule has 0 aliphatic carbocycles. The number of thiophene rings is 1. The number of nitrogens with two attached hydrogens (primary N) is 1. The van der Waals surface area contributed by atoms with Crippen LogP contribution in [-0.2, 0) is 14.3 Å². The molecule has 1 amide bonds. The zero-order chi connectivity index (χ0) is 13.8. The number of rotatable bonds is 4. The van der Waals surface area contributed by atoms with Gasteiger partial charge in [0.2, 0.25) is 0 Å². The minimum Gasteiger partial charge on any atom is -0.452 e. The second-order valence-electron chi connectivity index (χ2n) is 3.68. The molecule has 1 aromatic carbocycles. The Hall–Kier alpha value is -1.85. The number of amides is 1. The van der Waals surface area contributed by atoms with E-state index in [4.69, 9.17) is 17.3 Å². The summed E-state index contributed by atoms with van der Waals surface area (Å²) >= 11 is 7.67. The van der Waals surface area contributed by atoms with E-state index in [-0.39, 0.29) is 0 Å². The largest absolute Gasteiger partial charge is 0.452 e. The van der Waals surface area contributed by atoms with E-state index in [1.54, 1.807) is 6.08 Å². The first kappa shape index (κ1) is 13.6. The van der Waals surface area contributed by atoms with E-state index in [9.17, 15) is 9.59 Å². The lowest BCUT2D eigenvalue weighted by Crippen LogP contribution is -2.19. The Labute approximate surface area is 118 Å². The lowest BCUT2D eigenvalue weighted by Gasteiger charge is -1.96. The molecule has 0 fully saturated rings. The first-order valence-electron chi connectivity index (χ1n) is 5.38. The van der Waals surface area contributed by atoms with Crippen molar-refractivity contribution < 1.29 is 14.3 Å². The standard InChI is InChI=1S/C13H10ClNO3S/c14-13-8-3-1-2-4-9(8)19-10(13)5-6-12(17)18-7-11(15)16/h1-6H,7H2,(H2,15,16)/b6-5+. The van der Waals surface area contributed by atoms with Crippen molar-refractivity contribution in [3.63, 3.8) is 0 Å². The Balaban J connectivity index is 2.15. The van der Waals surface area contributed by atoms with Gasteiger partial charge in [0.25, 0.3) is 5.91 Å².